The van der Waals surface area contributed by atoms with Gasteiger partial charge in [0.25, 0.3) is 0 Å². The van der Waals surface area contributed by atoms with Gasteiger partial charge in [0.05, 0.1) is 4.90 Å². The van der Waals surface area contributed by atoms with Crippen LogP contribution in [0, 0.1) is 5.92 Å². The van der Waals surface area contributed by atoms with E-state index in [4.69, 9.17) is 0 Å². The van der Waals surface area contributed by atoms with Crippen molar-refractivity contribution in [3.63, 3.8) is 0 Å². The topological polar surface area (TPSA) is 66.5 Å². The first-order valence-electron chi connectivity index (χ1n) is 10.6. The second-order valence-corrected chi connectivity index (χ2v) is 10.5. The van der Waals surface area contributed by atoms with Crippen molar-refractivity contribution in [2.75, 3.05) is 13.1 Å². The number of nitrogens with zero attached hydrogens (tertiary/aromatic N) is 1. The summed E-state index contributed by atoms with van der Waals surface area (Å²) in [6, 6.07) is 5.58. The molecule has 1 N–H and O–H groups in total. The Morgan fingerprint density at radius 2 is 1.79 bits per heavy atom. The Bertz CT molecular complexity index is 877. The van der Waals surface area contributed by atoms with Crippen LogP contribution in [0.25, 0.3) is 6.08 Å². The van der Waals surface area contributed by atoms with E-state index in [1.807, 2.05) is 12.1 Å². The number of fused-ring (bicyclic) bond motifs is 1. The molecule has 1 aromatic carbocycles. The van der Waals surface area contributed by atoms with Crippen molar-refractivity contribution in [1.29, 1.82) is 0 Å². The number of nitrogens with one attached hydrogen (secondary N) is 1. The van der Waals surface area contributed by atoms with Gasteiger partial charge in [-0.25, -0.2) is 8.42 Å². The second kappa shape index (κ2) is 7.99. The summed E-state index contributed by atoms with van der Waals surface area (Å²) in [5, 5.41) is 3.16. The maximum Gasteiger partial charge on any atom is 0.247 e. The SMILES string of the molecule is CC1CCN(S(=O)(=O)c2ccc3c(c2)C=C(C(=O)NC2CCCCC2)C3)CC1. The molecular formula is C22H30N2O3S. The van der Waals surface area contributed by atoms with E-state index >= 15 is 0 Å². The van der Waals surface area contributed by atoms with E-state index in [1.165, 1.54) is 19.3 Å². The number of benzene rings is 1. The van der Waals surface area contributed by atoms with Crippen molar-refractivity contribution in [2.24, 2.45) is 5.92 Å². The lowest BCUT2D eigenvalue weighted by molar-refractivity contribution is -0.118. The molecule has 1 saturated carbocycles. The zero-order chi connectivity index (χ0) is 19.7. The highest BCUT2D eigenvalue weighted by atomic mass is 32.2. The van der Waals surface area contributed by atoms with Crippen LogP contribution in [0.3, 0.4) is 0 Å². The molecule has 2 fully saturated rings. The summed E-state index contributed by atoms with van der Waals surface area (Å²) in [6.07, 6.45) is 10.0. The largest absolute Gasteiger partial charge is 0.350 e. The highest BCUT2D eigenvalue weighted by molar-refractivity contribution is 7.89. The van der Waals surface area contributed by atoms with Crippen molar-refractivity contribution in [2.45, 2.75) is 69.2 Å². The zero-order valence-corrected chi connectivity index (χ0v) is 17.4. The van der Waals surface area contributed by atoms with E-state index in [2.05, 4.69) is 12.2 Å². The number of rotatable bonds is 4. The molecule has 2 aliphatic carbocycles. The highest BCUT2D eigenvalue weighted by Crippen LogP contribution is 2.30. The van der Waals surface area contributed by atoms with Gasteiger partial charge in [-0.05, 0) is 60.9 Å². The molecule has 6 heteroatoms. The van der Waals surface area contributed by atoms with Crippen molar-refractivity contribution >= 4 is 22.0 Å². The summed E-state index contributed by atoms with van der Waals surface area (Å²) in [7, 11) is -3.46. The summed E-state index contributed by atoms with van der Waals surface area (Å²) in [5.74, 6) is 0.581. The van der Waals surface area contributed by atoms with Gasteiger partial charge in [-0.15, -0.1) is 0 Å². The Labute approximate surface area is 168 Å². The molecule has 1 amide bonds. The lowest BCUT2D eigenvalue weighted by Crippen LogP contribution is -2.37. The Morgan fingerprint density at radius 1 is 1.07 bits per heavy atom. The predicted octanol–water partition coefficient (Wildman–Crippen LogP) is 3.50. The molecule has 0 aromatic heterocycles. The molecular weight excluding hydrogens is 372 g/mol. The average molecular weight is 403 g/mol. The van der Waals surface area contributed by atoms with Crippen molar-refractivity contribution in [3.8, 4) is 0 Å². The maximum atomic E-state index is 13.0. The summed E-state index contributed by atoms with van der Waals surface area (Å²) >= 11 is 0. The number of piperidine rings is 1. The zero-order valence-electron chi connectivity index (χ0n) is 16.6. The van der Waals surface area contributed by atoms with Gasteiger partial charge in [0.2, 0.25) is 15.9 Å². The van der Waals surface area contributed by atoms with Crippen molar-refractivity contribution < 1.29 is 13.2 Å². The van der Waals surface area contributed by atoms with Gasteiger partial charge in [-0.1, -0.05) is 32.3 Å². The Kier molecular flexibility index (Phi) is 5.61. The minimum atomic E-state index is -3.46. The fraction of sp³-hybridized carbons (Fsp3) is 0.591. The van der Waals surface area contributed by atoms with Gasteiger partial charge in [0.15, 0.2) is 0 Å². The predicted molar refractivity (Wildman–Crippen MR) is 110 cm³/mol. The smallest absolute Gasteiger partial charge is 0.247 e. The molecule has 0 spiro atoms. The fourth-order valence-corrected chi connectivity index (χ4v) is 6.02. The summed E-state index contributed by atoms with van der Waals surface area (Å²) in [4.78, 5) is 13.0. The van der Waals surface area contributed by atoms with E-state index in [9.17, 15) is 13.2 Å². The van der Waals surface area contributed by atoms with E-state index in [1.54, 1.807) is 16.4 Å². The summed E-state index contributed by atoms with van der Waals surface area (Å²) in [6.45, 7) is 3.35. The molecule has 1 aliphatic heterocycles. The second-order valence-electron chi connectivity index (χ2n) is 8.60. The molecule has 152 valence electrons. The summed E-state index contributed by atoms with van der Waals surface area (Å²) < 4.78 is 27.6. The van der Waals surface area contributed by atoms with Gasteiger partial charge in [-0.3, -0.25) is 4.79 Å². The molecule has 1 saturated heterocycles. The molecule has 1 heterocycles. The Hall–Kier alpha value is -1.66. The number of carbonyl (C=O) groups excluding carboxylic acids is 1. The minimum Gasteiger partial charge on any atom is -0.350 e. The monoisotopic (exact) mass is 402 g/mol. The number of amides is 1. The lowest BCUT2D eigenvalue weighted by Gasteiger charge is -2.29. The molecule has 0 radical (unpaired) electrons. The molecule has 4 rings (SSSR count). The van der Waals surface area contributed by atoms with Crippen LogP contribution in [0.1, 0.15) is 63.0 Å². The van der Waals surface area contributed by atoms with Crippen LogP contribution in [0.4, 0.5) is 0 Å². The lowest BCUT2D eigenvalue weighted by atomic mass is 9.95. The van der Waals surface area contributed by atoms with Crippen LogP contribution >= 0.6 is 0 Å². The van der Waals surface area contributed by atoms with Gasteiger partial charge >= 0.3 is 0 Å². The first-order chi connectivity index (χ1) is 13.4. The van der Waals surface area contributed by atoms with Gasteiger partial charge < -0.3 is 5.32 Å². The maximum absolute atomic E-state index is 13.0. The Morgan fingerprint density at radius 3 is 2.50 bits per heavy atom. The molecule has 28 heavy (non-hydrogen) atoms. The van der Waals surface area contributed by atoms with Crippen molar-refractivity contribution in [3.05, 3.63) is 34.9 Å². The van der Waals surface area contributed by atoms with Crippen LogP contribution < -0.4 is 5.32 Å². The van der Waals surface area contributed by atoms with Crippen molar-refractivity contribution in [1.82, 2.24) is 9.62 Å². The number of hydrogen-bond acceptors (Lipinski definition) is 3. The van der Waals surface area contributed by atoms with E-state index in [0.717, 1.165) is 42.4 Å². The minimum absolute atomic E-state index is 0.00229. The van der Waals surface area contributed by atoms with Gasteiger partial charge in [-0.2, -0.15) is 4.31 Å². The fourth-order valence-electron chi connectivity index (χ4n) is 4.52. The standard InChI is InChI=1S/C22H30N2O3S/c1-16-9-11-24(12-10-16)28(26,27)21-8-7-17-13-19(14-18(17)15-21)22(25)23-20-5-3-2-4-6-20/h7-8,14-16,20H,2-6,9-13H2,1H3,(H,23,25). The molecule has 1 aromatic rings. The third-order valence-electron chi connectivity index (χ3n) is 6.44. The van der Waals surface area contributed by atoms with Crippen LogP contribution in [-0.2, 0) is 21.2 Å². The number of sulfonamides is 1. The molecule has 0 unspecified atom stereocenters. The van der Waals surface area contributed by atoms with E-state index < -0.39 is 10.0 Å². The van der Waals surface area contributed by atoms with Gasteiger partial charge in [0.1, 0.15) is 0 Å². The normalized spacial score (nSPS) is 22.0. The number of hydrogen-bond donors (Lipinski definition) is 1. The first-order valence-corrected chi connectivity index (χ1v) is 12.0. The van der Waals surface area contributed by atoms with Crippen LogP contribution in [0.15, 0.2) is 28.7 Å². The van der Waals surface area contributed by atoms with E-state index in [-0.39, 0.29) is 11.9 Å². The van der Waals surface area contributed by atoms with E-state index in [0.29, 0.717) is 30.3 Å². The molecule has 5 nitrogen and oxygen atoms in total. The van der Waals surface area contributed by atoms with Crippen LogP contribution in [0.2, 0.25) is 0 Å². The molecule has 3 aliphatic rings. The Balaban J connectivity index is 1.48. The molecule has 0 bridgehead atoms. The first kappa shape index (κ1) is 19.6. The highest BCUT2D eigenvalue weighted by Gasteiger charge is 2.29. The van der Waals surface area contributed by atoms with Crippen LogP contribution in [0.5, 0.6) is 0 Å². The van der Waals surface area contributed by atoms with Gasteiger partial charge in [0, 0.05) is 31.1 Å². The number of carbonyl (C=O) groups is 1. The summed E-state index contributed by atoms with van der Waals surface area (Å²) in [5.41, 5.74) is 2.63. The molecule has 0 atom stereocenters. The third kappa shape index (κ3) is 4.03. The average Bonchev–Trinajstić information content (AvgIpc) is 3.13. The van der Waals surface area contributed by atoms with Crippen LogP contribution in [-0.4, -0.2) is 37.8 Å². The quantitative estimate of drug-likeness (QED) is 0.838. The third-order valence-corrected chi connectivity index (χ3v) is 8.34.